The molecular formula is C54H37Br2N6O3S2+. The van der Waals surface area contributed by atoms with Gasteiger partial charge in [-0.05, 0) is 107 Å². The Morgan fingerprint density at radius 2 is 1.24 bits per heavy atom. The Bertz CT molecular complexity index is 3340. The molecule has 4 N–H and O–H groups in total. The van der Waals surface area contributed by atoms with Crippen molar-refractivity contribution in [2.45, 2.75) is 32.5 Å². The maximum absolute atomic E-state index is 13.5. The molecule has 326 valence electrons. The SMILES string of the molecule is O=C(Cc1cccc(-c2ccc3c(c2)C(c2cccc(Br)c2)=[NH+]c2cc(C(=O)NCc4cccnc4)ccc2S3)c1)NNC(=O)c1ccc2c(c1)N=C(c1cccc(Br)c1)c1ccccc1S2. The molecule has 10 rings (SSSR count). The molecule has 3 amide bonds. The van der Waals surface area contributed by atoms with Gasteiger partial charge in [0.2, 0.25) is 17.3 Å². The molecule has 7 aromatic carbocycles. The lowest BCUT2D eigenvalue weighted by Crippen LogP contribution is -2.67. The highest BCUT2D eigenvalue weighted by Gasteiger charge is 2.27. The molecule has 9 nitrogen and oxygen atoms in total. The van der Waals surface area contributed by atoms with E-state index in [2.05, 4.69) is 100 Å². The summed E-state index contributed by atoms with van der Waals surface area (Å²) in [4.78, 5) is 57.1. The molecule has 0 unspecified atom stereocenters. The normalized spacial score (nSPS) is 12.4. The Hall–Kier alpha value is -6.90. The first-order valence-electron chi connectivity index (χ1n) is 21.2. The number of carbonyl (C=O) groups is 3. The fourth-order valence-corrected chi connectivity index (χ4v) is 10.7. The maximum Gasteiger partial charge on any atom is 0.269 e. The third kappa shape index (κ3) is 9.96. The highest BCUT2D eigenvalue weighted by molar-refractivity contribution is 9.10. The van der Waals surface area contributed by atoms with Gasteiger partial charge in [-0.3, -0.25) is 30.2 Å². The Morgan fingerprint density at radius 3 is 2.06 bits per heavy atom. The zero-order valence-electron chi connectivity index (χ0n) is 35.3. The summed E-state index contributed by atoms with van der Waals surface area (Å²) in [5.41, 5.74) is 16.8. The standard InChI is InChI=1S/C54H36Br2N6O3S2/c55-40-12-4-10-36(25-40)51-42-14-1-2-15-46(42)66-48-21-18-39(29-45(48)59-51)54(65)62-61-50(63)24-32-7-3-9-34(23-32)35-16-19-47-43(27-35)52(37-11-5-13-41(56)26-37)60-44-28-38(17-20-49(44)67-47)53(64)58-31-33-8-6-22-57-30-33/h1-23,25-30H,24,31H2,(H,58,64)(H,61,63)(H,62,65)/p+1. The topological polar surface area (TPSA) is 127 Å². The zero-order valence-corrected chi connectivity index (χ0v) is 40.2. The molecule has 3 heterocycles. The van der Waals surface area contributed by atoms with E-state index in [0.717, 1.165) is 90.1 Å². The average Bonchev–Trinajstić information content (AvgIpc) is 3.62. The number of aliphatic imine (C=N–C) groups is 1. The van der Waals surface area contributed by atoms with Crippen molar-refractivity contribution < 1.29 is 19.4 Å². The number of fused-ring (bicyclic) bond motifs is 4. The van der Waals surface area contributed by atoms with Crippen LogP contribution in [0.15, 0.2) is 210 Å². The molecule has 0 saturated carbocycles. The third-order valence-corrected chi connectivity index (χ3v) is 14.4. The Balaban J connectivity index is 0.860. The predicted octanol–water partition coefficient (Wildman–Crippen LogP) is 10.6. The van der Waals surface area contributed by atoms with E-state index in [4.69, 9.17) is 4.99 Å². The number of nitrogens with one attached hydrogen (secondary N) is 4. The van der Waals surface area contributed by atoms with E-state index in [1.807, 2.05) is 109 Å². The van der Waals surface area contributed by atoms with Crippen molar-refractivity contribution in [2.75, 3.05) is 0 Å². The average molecular weight is 1040 g/mol. The monoisotopic (exact) mass is 1040 g/mol. The number of carbonyl (C=O) groups excluding carboxylic acids is 3. The van der Waals surface area contributed by atoms with Crippen molar-refractivity contribution >= 4 is 95.9 Å². The number of benzene rings is 7. The molecule has 1 aromatic heterocycles. The Kier molecular flexibility index (Phi) is 12.8. The summed E-state index contributed by atoms with van der Waals surface area (Å²) < 4.78 is 1.88. The van der Waals surface area contributed by atoms with Gasteiger partial charge in [0, 0.05) is 76.5 Å². The number of hydrogen-bond donors (Lipinski definition) is 4. The molecule has 2 aliphatic heterocycles. The van der Waals surface area contributed by atoms with Crippen LogP contribution in [0, 0.1) is 0 Å². The van der Waals surface area contributed by atoms with E-state index in [9.17, 15) is 14.4 Å². The molecule has 13 heteroatoms. The summed E-state index contributed by atoms with van der Waals surface area (Å²) in [5.74, 6) is -0.996. The first-order chi connectivity index (χ1) is 32.7. The van der Waals surface area contributed by atoms with Crippen molar-refractivity contribution in [3.63, 3.8) is 0 Å². The van der Waals surface area contributed by atoms with E-state index < -0.39 is 5.91 Å². The number of amides is 3. The quantitative estimate of drug-likeness (QED) is 0.107. The van der Waals surface area contributed by atoms with Crippen molar-refractivity contribution in [3.8, 4) is 11.1 Å². The number of nitrogens with zero attached hydrogens (tertiary/aromatic N) is 2. The van der Waals surface area contributed by atoms with Crippen LogP contribution in [0.25, 0.3) is 11.1 Å². The van der Waals surface area contributed by atoms with E-state index in [1.54, 1.807) is 48.1 Å². The number of pyridine rings is 1. The van der Waals surface area contributed by atoms with Gasteiger partial charge in [0.25, 0.3) is 11.8 Å². The first kappa shape index (κ1) is 44.0. The van der Waals surface area contributed by atoms with Crippen LogP contribution in [0.2, 0.25) is 0 Å². The molecular weight excluding hydrogens is 1000 g/mol. The summed E-state index contributed by atoms with van der Waals surface area (Å²) in [5, 5.41) is 3.01. The van der Waals surface area contributed by atoms with E-state index in [1.165, 1.54) is 0 Å². The number of halogens is 2. The van der Waals surface area contributed by atoms with Crippen molar-refractivity contribution in [3.05, 3.63) is 230 Å². The third-order valence-electron chi connectivity index (χ3n) is 11.1. The summed E-state index contributed by atoms with van der Waals surface area (Å²) >= 11 is 10.5. The number of hydrazine groups is 1. The Morgan fingerprint density at radius 1 is 0.552 bits per heavy atom. The number of hydrogen-bond acceptors (Lipinski definition) is 7. The van der Waals surface area contributed by atoms with Gasteiger partial charge in [-0.2, -0.15) is 0 Å². The summed E-state index contributed by atoms with van der Waals surface area (Å²) in [6, 6.07) is 53.3. The second-order valence-electron chi connectivity index (χ2n) is 15.7. The van der Waals surface area contributed by atoms with Crippen LogP contribution in [0.5, 0.6) is 0 Å². The van der Waals surface area contributed by atoms with Gasteiger partial charge < -0.3 is 5.32 Å². The van der Waals surface area contributed by atoms with Crippen LogP contribution >= 0.6 is 55.4 Å². The van der Waals surface area contributed by atoms with Crippen molar-refractivity contribution in [2.24, 2.45) is 4.99 Å². The highest BCUT2D eigenvalue weighted by Crippen LogP contribution is 2.42. The predicted molar refractivity (Wildman–Crippen MR) is 272 cm³/mol. The molecule has 0 radical (unpaired) electrons. The Labute approximate surface area is 411 Å². The lowest BCUT2D eigenvalue weighted by atomic mass is 9.96. The fourth-order valence-electron chi connectivity index (χ4n) is 7.86. The van der Waals surface area contributed by atoms with Crippen molar-refractivity contribution in [1.29, 1.82) is 0 Å². The van der Waals surface area contributed by atoms with Gasteiger partial charge in [0.1, 0.15) is 0 Å². The highest BCUT2D eigenvalue weighted by atomic mass is 79.9. The minimum atomic E-state index is -0.452. The second-order valence-corrected chi connectivity index (χ2v) is 19.7. The largest absolute Gasteiger partial charge is 0.348 e. The van der Waals surface area contributed by atoms with Crippen LogP contribution in [-0.4, -0.2) is 34.1 Å². The number of rotatable bonds is 9. The summed E-state index contributed by atoms with van der Waals surface area (Å²) in [7, 11) is 0. The lowest BCUT2D eigenvalue weighted by molar-refractivity contribution is -0.355. The van der Waals surface area contributed by atoms with Crippen LogP contribution in [-0.2, 0) is 17.8 Å². The second kappa shape index (κ2) is 19.5. The lowest BCUT2D eigenvalue weighted by Gasteiger charge is -2.11. The smallest absolute Gasteiger partial charge is 0.269 e. The van der Waals surface area contributed by atoms with E-state index >= 15 is 0 Å². The van der Waals surface area contributed by atoms with E-state index in [0.29, 0.717) is 23.4 Å². The van der Waals surface area contributed by atoms with Crippen LogP contribution in [0.4, 0.5) is 11.4 Å². The van der Waals surface area contributed by atoms with Gasteiger partial charge >= 0.3 is 0 Å². The van der Waals surface area contributed by atoms with Crippen LogP contribution in [0.1, 0.15) is 54.1 Å². The van der Waals surface area contributed by atoms with Gasteiger partial charge in [0.05, 0.1) is 28.3 Å². The first-order valence-corrected chi connectivity index (χ1v) is 24.4. The molecule has 0 saturated heterocycles. The molecule has 0 aliphatic carbocycles. The minimum Gasteiger partial charge on any atom is -0.348 e. The fraction of sp³-hybridized carbons (Fsp3) is 0.0370. The van der Waals surface area contributed by atoms with Crippen LogP contribution in [0.3, 0.4) is 0 Å². The molecule has 67 heavy (non-hydrogen) atoms. The van der Waals surface area contributed by atoms with Gasteiger partial charge in [-0.1, -0.05) is 128 Å². The van der Waals surface area contributed by atoms with Crippen molar-refractivity contribution in [1.82, 2.24) is 21.2 Å². The number of aromatic nitrogens is 1. The van der Waals surface area contributed by atoms with Gasteiger partial charge in [0.15, 0.2) is 0 Å². The molecule has 0 spiro atoms. The maximum atomic E-state index is 13.5. The summed E-state index contributed by atoms with van der Waals surface area (Å²) in [6.45, 7) is 0.371. The molecule has 0 atom stereocenters. The van der Waals surface area contributed by atoms with Gasteiger partial charge in [-0.25, -0.2) is 9.98 Å². The molecule has 2 aliphatic rings. The summed E-state index contributed by atoms with van der Waals surface area (Å²) in [6.07, 6.45) is 3.49. The minimum absolute atomic E-state index is 0.0404. The zero-order chi connectivity index (χ0) is 45.9. The molecule has 8 aromatic rings. The van der Waals surface area contributed by atoms with Crippen LogP contribution < -0.4 is 21.2 Å². The molecule has 0 fully saturated rings. The van der Waals surface area contributed by atoms with E-state index in [-0.39, 0.29) is 18.2 Å². The molecule has 0 bridgehead atoms. The van der Waals surface area contributed by atoms with Gasteiger partial charge in [-0.15, -0.1) is 0 Å².